The molecular weight excluding hydrogens is 224 g/mol. The normalized spacial score (nSPS) is 11.0. The fourth-order valence-corrected chi connectivity index (χ4v) is 2.40. The Labute approximate surface area is 105 Å². The molecule has 0 aromatic heterocycles. The van der Waals surface area contributed by atoms with Gasteiger partial charge in [0.25, 0.3) is 0 Å². The van der Waals surface area contributed by atoms with Crippen LogP contribution in [0.15, 0.2) is 42.5 Å². The van der Waals surface area contributed by atoms with E-state index >= 15 is 0 Å². The van der Waals surface area contributed by atoms with E-state index in [1.807, 2.05) is 30.3 Å². The quantitative estimate of drug-likeness (QED) is 0.649. The van der Waals surface area contributed by atoms with E-state index < -0.39 is 0 Å². The number of methoxy groups -OCH3 is 1. The van der Waals surface area contributed by atoms with E-state index in [-0.39, 0.29) is 0 Å². The van der Waals surface area contributed by atoms with Crippen molar-refractivity contribution in [3.05, 3.63) is 48.0 Å². The van der Waals surface area contributed by atoms with Gasteiger partial charge in [-0.15, -0.1) is 0 Å². The molecule has 0 saturated heterocycles. The van der Waals surface area contributed by atoms with Crippen molar-refractivity contribution in [2.75, 3.05) is 7.11 Å². The third kappa shape index (κ3) is 1.50. The molecular formula is C16H14O2. The molecule has 3 aromatic rings. The third-order valence-corrected chi connectivity index (χ3v) is 3.39. The molecule has 90 valence electrons. The van der Waals surface area contributed by atoms with Crippen LogP contribution in [0.4, 0.5) is 0 Å². The zero-order valence-electron chi connectivity index (χ0n) is 10.4. The second-order valence-electron chi connectivity index (χ2n) is 4.48. The van der Waals surface area contributed by atoms with Crippen molar-refractivity contribution in [3.63, 3.8) is 0 Å². The second kappa shape index (κ2) is 3.91. The number of hydrogen-bond acceptors (Lipinski definition) is 2. The van der Waals surface area contributed by atoms with Crippen LogP contribution >= 0.6 is 0 Å². The van der Waals surface area contributed by atoms with Gasteiger partial charge in [0.1, 0.15) is 11.5 Å². The lowest BCUT2D eigenvalue weighted by Crippen LogP contribution is -1.87. The number of rotatable bonds is 1. The topological polar surface area (TPSA) is 29.5 Å². The molecule has 0 atom stereocenters. The molecule has 3 rings (SSSR count). The molecule has 0 aliphatic heterocycles. The Hall–Kier alpha value is -2.22. The summed E-state index contributed by atoms with van der Waals surface area (Å²) in [7, 11) is 1.68. The highest BCUT2D eigenvalue weighted by atomic mass is 16.5. The minimum Gasteiger partial charge on any atom is -0.507 e. The number of ether oxygens (including phenoxy) is 1. The largest absolute Gasteiger partial charge is 0.507 e. The molecule has 18 heavy (non-hydrogen) atoms. The van der Waals surface area contributed by atoms with Crippen molar-refractivity contribution in [2.24, 2.45) is 0 Å². The van der Waals surface area contributed by atoms with Crippen LogP contribution in [0, 0.1) is 6.92 Å². The maximum absolute atomic E-state index is 9.92. The number of phenols is 1. The van der Waals surface area contributed by atoms with Gasteiger partial charge in [-0.1, -0.05) is 18.2 Å². The van der Waals surface area contributed by atoms with Crippen LogP contribution in [0.1, 0.15) is 5.56 Å². The van der Waals surface area contributed by atoms with Gasteiger partial charge in [0.05, 0.1) is 7.11 Å². The zero-order chi connectivity index (χ0) is 12.7. The van der Waals surface area contributed by atoms with Crippen molar-refractivity contribution in [1.29, 1.82) is 0 Å². The Morgan fingerprint density at radius 2 is 1.78 bits per heavy atom. The highest BCUT2D eigenvalue weighted by molar-refractivity contribution is 6.04. The molecule has 0 aliphatic rings. The van der Waals surface area contributed by atoms with Crippen LogP contribution in [0.3, 0.4) is 0 Å². The summed E-state index contributed by atoms with van der Waals surface area (Å²) in [5, 5.41) is 14.0. The molecule has 0 bridgehead atoms. The SMILES string of the molecule is COc1ccc(C)c2cc3c(O)cccc3cc12. The van der Waals surface area contributed by atoms with E-state index in [1.165, 1.54) is 5.56 Å². The van der Waals surface area contributed by atoms with Crippen molar-refractivity contribution in [2.45, 2.75) is 6.92 Å². The van der Waals surface area contributed by atoms with E-state index in [9.17, 15) is 5.11 Å². The predicted octanol–water partition coefficient (Wildman–Crippen LogP) is 4.02. The Morgan fingerprint density at radius 1 is 0.944 bits per heavy atom. The van der Waals surface area contributed by atoms with Crippen LogP contribution in [-0.4, -0.2) is 12.2 Å². The minimum absolute atomic E-state index is 0.316. The molecule has 2 heteroatoms. The van der Waals surface area contributed by atoms with Gasteiger partial charge in [0.2, 0.25) is 0 Å². The summed E-state index contributed by atoms with van der Waals surface area (Å²) in [5.74, 6) is 1.18. The molecule has 0 saturated carbocycles. The van der Waals surface area contributed by atoms with Crippen LogP contribution in [0.5, 0.6) is 11.5 Å². The first-order valence-electron chi connectivity index (χ1n) is 5.90. The van der Waals surface area contributed by atoms with E-state index in [0.29, 0.717) is 5.75 Å². The summed E-state index contributed by atoms with van der Waals surface area (Å²) in [4.78, 5) is 0. The van der Waals surface area contributed by atoms with Crippen molar-refractivity contribution in [1.82, 2.24) is 0 Å². The lowest BCUT2D eigenvalue weighted by Gasteiger charge is -2.10. The van der Waals surface area contributed by atoms with Gasteiger partial charge in [0, 0.05) is 10.8 Å². The molecule has 0 heterocycles. The first-order chi connectivity index (χ1) is 8.70. The fourth-order valence-electron chi connectivity index (χ4n) is 2.40. The molecule has 0 unspecified atom stereocenters. The van der Waals surface area contributed by atoms with Gasteiger partial charge in [-0.2, -0.15) is 0 Å². The third-order valence-electron chi connectivity index (χ3n) is 3.39. The van der Waals surface area contributed by atoms with Gasteiger partial charge < -0.3 is 9.84 Å². The Morgan fingerprint density at radius 3 is 2.56 bits per heavy atom. The average Bonchev–Trinajstić information content (AvgIpc) is 2.38. The summed E-state index contributed by atoms with van der Waals surface area (Å²) in [6, 6.07) is 13.7. The lowest BCUT2D eigenvalue weighted by molar-refractivity contribution is 0.420. The lowest BCUT2D eigenvalue weighted by atomic mass is 9.99. The van der Waals surface area contributed by atoms with E-state index in [2.05, 4.69) is 13.0 Å². The van der Waals surface area contributed by atoms with E-state index in [4.69, 9.17) is 4.74 Å². The number of benzene rings is 3. The van der Waals surface area contributed by atoms with Crippen LogP contribution in [-0.2, 0) is 0 Å². The summed E-state index contributed by atoms with van der Waals surface area (Å²) < 4.78 is 5.40. The molecule has 0 amide bonds. The number of aromatic hydroxyl groups is 1. The maximum atomic E-state index is 9.92. The second-order valence-corrected chi connectivity index (χ2v) is 4.48. The van der Waals surface area contributed by atoms with Gasteiger partial charge in [-0.05, 0) is 47.5 Å². The van der Waals surface area contributed by atoms with Crippen molar-refractivity contribution in [3.8, 4) is 11.5 Å². The molecule has 1 N–H and O–H groups in total. The first-order valence-corrected chi connectivity index (χ1v) is 5.90. The molecule has 0 spiro atoms. The Balaban J connectivity index is 2.52. The molecule has 0 fully saturated rings. The number of fused-ring (bicyclic) bond motifs is 2. The fraction of sp³-hybridized carbons (Fsp3) is 0.125. The standard InChI is InChI=1S/C16H14O2/c1-10-6-7-16(18-2)14-8-11-4-3-5-15(17)13(11)9-12(10)14/h3-9,17H,1-2H3. The number of aryl methyl sites for hydroxylation is 1. The van der Waals surface area contributed by atoms with Crippen LogP contribution in [0.2, 0.25) is 0 Å². The maximum Gasteiger partial charge on any atom is 0.126 e. The summed E-state index contributed by atoms with van der Waals surface area (Å²) in [6.45, 7) is 2.06. The van der Waals surface area contributed by atoms with Gasteiger partial charge in [-0.3, -0.25) is 0 Å². The summed E-state index contributed by atoms with van der Waals surface area (Å²) >= 11 is 0. The summed E-state index contributed by atoms with van der Waals surface area (Å²) in [6.07, 6.45) is 0. The minimum atomic E-state index is 0.316. The molecule has 3 aromatic carbocycles. The Kier molecular flexibility index (Phi) is 2.37. The predicted molar refractivity (Wildman–Crippen MR) is 74.4 cm³/mol. The van der Waals surface area contributed by atoms with E-state index in [1.54, 1.807) is 13.2 Å². The van der Waals surface area contributed by atoms with Crippen molar-refractivity contribution >= 4 is 21.5 Å². The van der Waals surface area contributed by atoms with E-state index in [0.717, 1.165) is 27.3 Å². The highest BCUT2D eigenvalue weighted by Crippen LogP contribution is 2.34. The smallest absolute Gasteiger partial charge is 0.126 e. The van der Waals surface area contributed by atoms with Gasteiger partial charge in [0.15, 0.2) is 0 Å². The van der Waals surface area contributed by atoms with Gasteiger partial charge >= 0.3 is 0 Å². The monoisotopic (exact) mass is 238 g/mol. The number of hydrogen-bond donors (Lipinski definition) is 1. The average molecular weight is 238 g/mol. The van der Waals surface area contributed by atoms with Crippen LogP contribution in [0.25, 0.3) is 21.5 Å². The highest BCUT2D eigenvalue weighted by Gasteiger charge is 2.07. The molecule has 2 nitrogen and oxygen atoms in total. The van der Waals surface area contributed by atoms with Gasteiger partial charge in [-0.25, -0.2) is 0 Å². The van der Waals surface area contributed by atoms with Crippen molar-refractivity contribution < 1.29 is 9.84 Å². The summed E-state index contributed by atoms with van der Waals surface area (Å²) in [5.41, 5.74) is 1.18. The molecule has 0 radical (unpaired) electrons. The molecule has 0 aliphatic carbocycles. The zero-order valence-corrected chi connectivity index (χ0v) is 10.4. The van der Waals surface area contributed by atoms with Crippen LogP contribution < -0.4 is 4.74 Å². The Bertz CT molecular complexity index is 745. The first kappa shape index (κ1) is 10.9. The number of phenolic OH excluding ortho intramolecular Hbond substituents is 1.